The highest BCUT2D eigenvalue weighted by Gasteiger charge is 2.23. The van der Waals surface area contributed by atoms with Crippen molar-refractivity contribution in [3.63, 3.8) is 0 Å². The molecule has 0 aliphatic carbocycles. The van der Waals surface area contributed by atoms with Crippen molar-refractivity contribution in [2.75, 3.05) is 7.11 Å². The molecule has 0 fully saturated rings. The third-order valence-corrected chi connectivity index (χ3v) is 2.67. The number of rotatable bonds is 8. The van der Waals surface area contributed by atoms with E-state index in [9.17, 15) is 4.79 Å². The fourth-order valence-corrected chi connectivity index (χ4v) is 1.45. The predicted octanol–water partition coefficient (Wildman–Crippen LogP) is 2.84. The highest BCUT2D eigenvalue weighted by atomic mass is 16.5. The Morgan fingerprint density at radius 1 is 1.36 bits per heavy atom. The van der Waals surface area contributed by atoms with Crippen LogP contribution >= 0.6 is 0 Å². The number of methoxy groups -OCH3 is 1. The molecule has 0 amide bonds. The van der Waals surface area contributed by atoms with Crippen LogP contribution in [0.25, 0.3) is 0 Å². The van der Waals surface area contributed by atoms with Crippen molar-refractivity contribution in [3.8, 4) is 0 Å². The number of carbonyl (C=O) groups is 1. The fourth-order valence-electron chi connectivity index (χ4n) is 1.45. The summed E-state index contributed by atoms with van der Waals surface area (Å²) >= 11 is 0. The second kappa shape index (κ2) is 6.82. The van der Waals surface area contributed by atoms with Crippen LogP contribution in [0.1, 0.15) is 52.4 Å². The van der Waals surface area contributed by atoms with E-state index in [0.29, 0.717) is 6.42 Å². The van der Waals surface area contributed by atoms with Crippen molar-refractivity contribution in [2.24, 2.45) is 0 Å². The van der Waals surface area contributed by atoms with E-state index in [4.69, 9.17) is 9.84 Å². The molecule has 84 valence electrons. The van der Waals surface area contributed by atoms with Crippen molar-refractivity contribution < 1.29 is 14.6 Å². The number of unbranched alkanes of at least 4 members (excludes halogenated alkanes) is 2. The summed E-state index contributed by atoms with van der Waals surface area (Å²) in [7, 11) is 1.66. The zero-order valence-corrected chi connectivity index (χ0v) is 9.51. The molecule has 0 aromatic heterocycles. The molecule has 1 unspecified atom stereocenters. The van der Waals surface area contributed by atoms with E-state index in [-0.39, 0.29) is 12.0 Å². The average Bonchev–Trinajstić information content (AvgIpc) is 2.15. The Labute approximate surface area is 86.5 Å². The van der Waals surface area contributed by atoms with Gasteiger partial charge in [-0.05, 0) is 19.8 Å². The Balaban J connectivity index is 3.84. The minimum atomic E-state index is -0.747. The summed E-state index contributed by atoms with van der Waals surface area (Å²) < 4.78 is 5.37. The standard InChI is InChI=1S/C11H22O3/c1-4-5-6-8-11(2,14-3)9-7-10(12)13/h4-9H2,1-3H3,(H,12,13). The minimum absolute atomic E-state index is 0.191. The summed E-state index contributed by atoms with van der Waals surface area (Å²) in [6.07, 6.45) is 5.22. The summed E-state index contributed by atoms with van der Waals surface area (Å²) in [6.45, 7) is 4.15. The number of carboxylic acids is 1. The van der Waals surface area contributed by atoms with Gasteiger partial charge in [0, 0.05) is 13.5 Å². The first-order valence-corrected chi connectivity index (χ1v) is 5.31. The average molecular weight is 202 g/mol. The second-order valence-corrected chi connectivity index (χ2v) is 4.00. The lowest BCUT2D eigenvalue weighted by molar-refractivity contribution is -0.138. The van der Waals surface area contributed by atoms with Crippen LogP contribution in [0, 0.1) is 0 Å². The van der Waals surface area contributed by atoms with Crippen LogP contribution in [0.2, 0.25) is 0 Å². The largest absolute Gasteiger partial charge is 0.481 e. The molecule has 0 saturated heterocycles. The van der Waals surface area contributed by atoms with Crippen LogP contribution in [-0.2, 0) is 9.53 Å². The lowest BCUT2D eigenvalue weighted by Crippen LogP contribution is -2.28. The minimum Gasteiger partial charge on any atom is -0.481 e. The van der Waals surface area contributed by atoms with E-state index in [0.717, 1.165) is 12.8 Å². The van der Waals surface area contributed by atoms with Gasteiger partial charge in [-0.15, -0.1) is 0 Å². The maximum Gasteiger partial charge on any atom is 0.303 e. The van der Waals surface area contributed by atoms with Gasteiger partial charge in [0.05, 0.1) is 5.60 Å². The maximum absolute atomic E-state index is 10.4. The molecule has 1 N–H and O–H groups in total. The van der Waals surface area contributed by atoms with Crippen LogP contribution < -0.4 is 0 Å². The van der Waals surface area contributed by atoms with Gasteiger partial charge in [0.2, 0.25) is 0 Å². The van der Waals surface area contributed by atoms with E-state index in [2.05, 4.69) is 6.92 Å². The summed E-state index contributed by atoms with van der Waals surface area (Å²) in [5.41, 5.74) is -0.256. The smallest absolute Gasteiger partial charge is 0.303 e. The molecule has 0 saturated carbocycles. The van der Waals surface area contributed by atoms with Gasteiger partial charge in [0.25, 0.3) is 0 Å². The number of carboxylic acid groups (broad SMARTS) is 1. The fraction of sp³-hybridized carbons (Fsp3) is 0.909. The van der Waals surface area contributed by atoms with Crippen molar-refractivity contribution in [1.29, 1.82) is 0 Å². The molecule has 0 aliphatic rings. The molecular formula is C11H22O3. The van der Waals surface area contributed by atoms with Crippen LogP contribution in [0.3, 0.4) is 0 Å². The predicted molar refractivity (Wildman–Crippen MR) is 56.4 cm³/mol. The molecule has 0 heterocycles. The van der Waals surface area contributed by atoms with Crippen LogP contribution in [-0.4, -0.2) is 23.8 Å². The van der Waals surface area contributed by atoms with Crippen LogP contribution in [0.5, 0.6) is 0 Å². The highest BCUT2D eigenvalue weighted by molar-refractivity contribution is 5.66. The Morgan fingerprint density at radius 3 is 2.43 bits per heavy atom. The van der Waals surface area contributed by atoms with Crippen molar-refractivity contribution >= 4 is 5.97 Å². The molecule has 0 aromatic rings. The number of aliphatic carboxylic acids is 1. The third-order valence-electron chi connectivity index (χ3n) is 2.67. The van der Waals surface area contributed by atoms with Gasteiger partial charge in [-0.3, -0.25) is 4.79 Å². The first-order chi connectivity index (χ1) is 6.54. The lowest BCUT2D eigenvalue weighted by atomic mass is 9.93. The molecule has 3 nitrogen and oxygen atoms in total. The Morgan fingerprint density at radius 2 is 2.00 bits per heavy atom. The van der Waals surface area contributed by atoms with Crippen LogP contribution in [0.15, 0.2) is 0 Å². The van der Waals surface area contributed by atoms with Crippen molar-refractivity contribution in [3.05, 3.63) is 0 Å². The molecule has 0 aromatic carbocycles. The molecule has 3 heteroatoms. The van der Waals surface area contributed by atoms with E-state index in [1.807, 2.05) is 6.92 Å². The molecule has 0 radical (unpaired) electrons. The molecule has 0 bridgehead atoms. The van der Waals surface area contributed by atoms with E-state index >= 15 is 0 Å². The lowest BCUT2D eigenvalue weighted by Gasteiger charge is -2.27. The highest BCUT2D eigenvalue weighted by Crippen LogP contribution is 2.24. The third kappa shape index (κ3) is 5.97. The van der Waals surface area contributed by atoms with Gasteiger partial charge < -0.3 is 9.84 Å². The van der Waals surface area contributed by atoms with Gasteiger partial charge in [-0.1, -0.05) is 26.2 Å². The number of hydrogen-bond donors (Lipinski definition) is 1. The zero-order chi connectivity index (χ0) is 11.0. The van der Waals surface area contributed by atoms with Gasteiger partial charge in [-0.2, -0.15) is 0 Å². The summed E-state index contributed by atoms with van der Waals surface area (Å²) in [5, 5.41) is 8.59. The second-order valence-electron chi connectivity index (χ2n) is 4.00. The Bertz CT molecular complexity index is 168. The van der Waals surface area contributed by atoms with Crippen molar-refractivity contribution in [1.82, 2.24) is 0 Å². The molecular weight excluding hydrogens is 180 g/mol. The summed E-state index contributed by atoms with van der Waals surface area (Å²) in [4.78, 5) is 10.4. The molecule has 0 aliphatic heterocycles. The molecule has 0 rings (SSSR count). The molecule has 14 heavy (non-hydrogen) atoms. The number of ether oxygens (including phenoxy) is 1. The Hall–Kier alpha value is -0.570. The summed E-state index contributed by atoms with van der Waals surface area (Å²) in [6, 6.07) is 0. The van der Waals surface area contributed by atoms with Gasteiger partial charge in [0.1, 0.15) is 0 Å². The first kappa shape index (κ1) is 13.4. The quantitative estimate of drug-likeness (QED) is 0.616. The van der Waals surface area contributed by atoms with E-state index < -0.39 is 5.97 Å². The van der Waals surface area contributed by atoms with Gasteiger partial charge in [-0.25, -0.2) is 0 Å². The first-order valence-electron chi connectivity index (χ1n) is 5.31. The van der Waals surface area contributed by atoms with Crippen LogP contribution in [0.4, 0.5) is 0 Å². The molecule has 1 atom stereocenters. The van der Waals surface area contributed by atoms with E-state index in [1.54, 1.807) is 7.11 Å². The van der Waals surface area contributed by atoms with E-state index in [1.165, 1.54) is 12.8 Å². The summed E-state index contributed by atoms with van der Waals surface area (Å²) in [5.74, 6) is -0.747. The Kier molecular flexibility index (Phi) is 6.54. The van der Waals surface area contributed by atoms with Crippen molar-refractivity contribution in [2.45, 2.75) is 58.0 Å². The molecule has 0 spiro atoms. The topological polar surface area (TPSA) is 46.5 Å². The van der Waals surface area contributed by atoms with Gasteiger partial charge in [0.15, 0.2) is 0 Å². The zero-order valence-electron chi connectivity index (χ0n) is 9.51. The number of hydrogen-bond acceptors (Lipinski definition) is 2. The van der Waals surface area contributed by atoms with Gasteiger partial charge >= 0.3 is 5.97 Å². The monoisotopic (exact) mass is 202 g/mol. The normalized spacial score (nSPS) is 15.1. The maximum atomic E-state index is 10.4. The SMILES string of the molecule is CCCCCC(C)(CCC(=O)O)OC.